The van der Waals surface area contributed by atoms with Crippen molar-refractivity contribution in [2.24, 2.45) is 0 Å². The number of hydrogen-bond acceptors (Lipinski definition) is 2. The predicted octanol–water partition coefficient (Wildman–Crippen LogP) is 3.21. The number of amides is 1. The molecule has 1 aromatic rings. The second-order valence-electron chi connectivity index (χ2n) is 4.06. The van der Waals surface area contributed by atoms with E-state index in [1.807, 2.05) is 32.0 Å². The van der Waals surface area contributed by atoms with Gasteiger partial charge in [0.05, 0.1) is 11.4 Å². The first-order chi connectivity index (χ1) is 7.61. The number of nitrogens with one attached hydrogen (secondary N) is 2. The molecular formula is C12H15IN2O. The number of carbonyl (C=O) groups is 1. The smallest absolute Gasteiger partial charge is 0.250 e. The lowest BCUT2D eigenvalue weighted by Crippen LogP contribution is -2.51. The monoisotopic (exact) mass is 330 g/mol. The van der Waals surface area contributed by atoms with Crippen LogP contribution in [0.4, 0.5) is 11.4 Å². The minimum atomic E-state index is -0.445. The van der Waals surface area contributed by atoms with Crippen molar-refractivity contribution in [3.05, 3.63) is 21.8 Å². The number of rotatable bonds is 2. The van der Waals surface area contributed by atoms with Crippen molar-refractivity contribution < 1.29 is 4.79 Å². The van der Waals surface area contributed by atoms with Gasteiger partial charge in [-0.3, -0.25) is 4.79 Å². The van der Waals surface area contributed by atoms with Gasteiger partial charge in [-0.25, -0.2) is 0 Å². The van der Waals surface area contributed by atoms with Gasteiger partial charge in [-0.15, -0.1) is 0 Å². The van der Waals surface area contributed by atoms with E-state index in [0.717, 1.165) is 27.8 Å². The molecule has 0 fully saturated rings. The Balaban J connectivity index is 2.42. The maximum atomic E-state index is 12.1. The summed E-state index contributed by atoms with van der Waals surface area (Å²) in [5, 5.41) is 6.36. The van der Waals surface area contributed by atoms with Crippen LogP contribution in [0.25, 0.3) is 0 Å². The van der Waals surface area contributed by atoms with Gasteiger partial charge in [-0.05, 0) is 53.6 Å². The Morgan fingerprint density at radius 2 is 1.94 bits per heavy atom. The quantitative estimate of drug-likeness (QED) is 0.818. The van der Waals surface area contributed by atoms with Crippen LogP contribution in [-0.4, -0.2) is 11.4 Å². The fourth-order valence-corrected chi connectivity index (χ4v) is 2.52. The zero-order valence-corrected chi connectivity index (χ0v) is 11.6. The summed E-state index contributed by atoms with van der Waals surface area (Å²) in [6.45, 7) is 4.07. The Labute approximate surface area is 109 Å². The summed E-state index contributed by atoms with van der Waals surface area (Å²) in [7, 11) is 0. The Morgan fingerprint density at radius 1 is 1.25 bits per heavy atom. The molecule has 0 radical (unpaired) electrons. The Morgan fingerprint density at radius 3 is 2.56 bits per heavy atom. The first kappa shape index (κ1) is 11.7. The van der Waals surface area contributed by atoms with E-state index in [1.165, 1.54) is 0 Å². The summed E-state index contributed by atoms with van der Waals surface area (Å²) in [6, 6.07) is 6.05. The maximum absolute atomic E-state index is 12.1. The molecule has 3 nitrogen and oxygen atoms in total. The van der Waals surface area contributed by atoms with E-state index in [4.69, 9.17) is 0 Å². The minimum absolute atomic E-state index is 0.0759. The summed E-state index contributed by atoms with van der Waals surface area (Å²) in [6.07, 6.45) is 1.58. The fourth-order valence-electron chi connectivity index (χ4n) is 2.03. The van der Waals surface area contributed by atoms with Crippen LogP contribution in [0, 0.1) is 3.57 Å². The molecule has 0 spiro atoms. The highest BCUT2D eigenvalue weighted by molar-refractivity contribution is 14.1. The van der Waals surface area contributed by atoms with Crippen molar-refractivity contribution in [3.8, 4) is 0 Å². The largest absolute Gasteiger partial charge is 0.370 e. The molecule has 1 heterocycles. The van der Waals surface area contributed by atoms with E-state index in [-0.39, 0.29) is 5.91 Å². The summed E-state index contributed by atoms with van der Waals surface area (Å²) in [5.41, 5.74) is 1.46. The van der Waals surface area contributed by atoms with Crippen LogP contribution < -0.4 is 10.6 Å². The summed E-state index contributed by atoms with van der Waals surface area (Å²) in [5.74, 6) is 0.0759. The van der Waals surface area contributed by atoms with Crippen molar-refractivity contribution >= 4 is 39.9 Å². The highest BCUT2D eigenvalue weighted by Crippen LogP contribution is 2.34. The van der Waals surface area contributed by atoms with E-state index in [2.05, 4.69) is 33.2 Å². The van der Waals surface area contributed by atoms with Crippen LogP contribution >= 0.6 is 22.6 Å². The lowest BCUT2D eigenvalue weighted by atomic mass is 9.89. The van der Waals surface area contributed by atoms with Crippen molar-refractivity contribution in [1.82, 2.24) is 0 Å². The molecule has 2 rings (SSSR count). The van der Waals surface area contributed by atoms with Crippen LogP contribution in [-0.2, 0) is 4.79 Å². The average molecular weight is 330 g/mol. The normalized spacial score (nSPS) is 17.3. The lowest BCUT2D eigenvalue weighted by molar-refractivity contribution is -0.120. The highest BCUT2D eigenvalue weighted by atomic mass is 127. The third-order valence-corrected chi connectivity index (χ3v) is 3.92. The van der Waals surface area contributed by atoms with Gasteiger partial charge in [0.1, 0.15) is 5.54 Å². The number of halogens is 1. The zero-order chi connectivity index (χ0) is 11.8. The molecule has 0 saturated heterocycles. The molecule has 1 amide bonds. The maximum Gasteiger partial charge on any atom is 0.250 e. The molecule has 1 aliphatic rings. The second-order valence-corrected chi connectivity index (χ2v) is 5.30. The summed E-state index contributed by atoms with van der Waals surface area (Å²) in [4.78, 5) is 12.1. The number of fused-ring (bicyclic) bond motifs is 1. The van der Waals surface area contributed by atoms with Crippen molar-refractivity contribution in [2.75, 3.05) is 10.6 Å². The molecule has 0 aromatic heterocycles. The SMILES string of the molecule is CCC1(CC)Nc2ccc(I)cc2NC1=O. The van der Waals surface area contributed by atoms with Crippen LogP contribution in [0.2, 0.25) is 0 Å². The van der Waals surface area contributed by atoms with Gasteiger partial charge < -0.3 is 10.6 Å². The van der Waals surface area contributed by atoms with Gasteiger partial charge in [0.2, 0.25) is 5.91 Å². The second kappa shape index (κ2) is 4.24. The molecule has 4 heteroatoms. The van der Waals surface area contributed by atoms with Gasteiger partial charge in [0, 0.05) is 3.57 Å². The van der Waals surface area contributed by atoms with Crippen LogP contribution in [0.15, 0.2) is 18.2 Å². The molecule has 2 N–H and O–H groups in total. The molecule has 1 aliphatic heterocycles. The topological polar surface area (TPSA) is 41.1 Å². The summed E-state index contributed by atoms with van der Waals surface area (Å²) >= 11 is 2.24. The highest BCUT2D eigenvalue weighted by Gasteiger charge is 2.38. The summed E-state index contributed by atoms with van der Waals surface area (Å²) < 4.78 is 1.12. The lowest BCUT2D eigenvalue weighted by Gasteiger charge is -2.37. The molecule has 1 aromatic carbocycles. The van der Waals surface area contributed by atoms with Gasteiger partial charge in [-0.2, -0.15) is 0 Å². The Kier molecular flexibility index (Phi) is 3.10. The number of anilines is 2. The van der Waals surface area contributed by atoms with Gasteiger partial charge >= 0.3 is 0 Å². The number of carbonyl (C=O) groups excluding carboxylic acids is 1. The number of hydrogen-bond donors (Lipinski definition) is 2. The van der Waals surface area contributed by atoms with Gasteiger partial charge in [0.25, 0.3) is 0 Å². The molecule has 0 unspecified atom stereocenters. The van der Waals surface area contributed by atoms with Gasteiger partial charge in [-0.1, -0.05) is 13.8 Å². The number of benzene rings is 1. The minimum Gasteiger partial charge on any atom is -0.370 e. The molecule has 0 saturated carbocycles. The molecular weight excluding hydrogens is 315 g/mol. The van der Waals surface area contributed by atoms with Crippen LogP contribution in [0.5, 0.6) is 0 Å². The fraction of sp³-hybridized carbons (Fsp3) is 0.417. The van der Waals surface area contributed by atoms with Gasteiger partial charge in [0.15, 0.2) is 0 Å². The third kappa shape index (κ3) is 1.79. The Bertz CT molecular complexity index is 427. The molecule has 16 heavy (non-hydrogen) atoms. The predicted molar refractivity (Wildman–Crippen MR) is 74.7 cm³/mol. The van der Waals surface area contributed by atoms with Crippen molar-refractivity contribution in [3.63, 3.8) is 0 Å². The van der Waals surface area contributed by atoms with E-state index < -0.39 is 5.54 Å². The van der Waals surface area contributed by atoms with E-state index in [1.54, 1.807) is 0 Å². The van der Waals surface area contributed by atoms with Crippen LogP contribution in [0.3, 0.4) is 0 Å². The van der Waals surface area contributed by atoms with Crippen molar-refractivity contribution in [1.29, 1.82) is 0 Å². The zero-order valence-electron chi connectivity index (χ0n) is 9.43. The van der Waals surface area contributed by atoms with E-state index >= 15 is 0 Å². The molecule has 0 atom stereocenters. The molecule has 86 valence electrons. The third-order valence-electron chi connectivity index (χ3n) is 3.25. The Hall–Kier alpha value is -0.780. The molecule has 0 bridgehead atoms. The van der Waals surface area contributed by atoms with Crippen molar-refractivity contribution in [2.45, 2.75) is 32.2 Å². The van der Waals surface area contributed by atoms with Crippen LogP contribution in [0.1, 0.15) is 26.7 Å². The first-order valence-electron chi connectivity index (χ1n) is 5.50. The molecule has 0 aliphatic carbocycles. The average Bonchev–Trinajstić information content (AvgIpc) is 2.28. The first-order valence-corrected chi connectivity index (χ1v) is 6.58. The standard InChI is InChI=1S/C12H15IN2O/c1-3-12(4-2)11(16)14-10-7-8(13)5-6-9(10)15-12/h5-7,15H,3-4H2,1-2H3,(H,14,16). The van der Waals surface area contributed by atoms with E-state index in [0.29, 0.717) is 0 Å². The van der Waals surface area contributed by atoms with E-state index in [9.17, 15) is 4.79 Å².